The van der Waals surface area contributed by atoms with Crippen LogP contribution in [0.4, 0.5) is 15.8 Å². The highest BCUT2D eigenvalue weighted by atomic mass is 19.1. The van der Waals surface area contributed by atoms with Gasteiger partial charge in [-0.2, -0.15) is 0 Å². The van der Waals surface area contributed by atoms with Crippen LogP contribution in [0.15, 0.2) is 42.7 Å². The van der Waals surface area contributed by atoms with Crippen molar-refractivity contribution in [1.29, 1.82) is 0 Å². The molecule has 0 bridgehead atoms. The van der Waals surface area contributed by atoms with Crippen LogP contribution in [0.2, 0.25) is 0 Å². The van der Waals surface area contributed by atoms with Gasteiger partial charge in [0.25, 0.3) is 5.91 Å². The molecule has 1 aliphatic rings. The number of nitrogens with one attached hydrogen (secondary N) is 2. The van der Waals surface area contributed by atoms with Gasteiger partial charge >= 0.3 is 0 Å². The van der Waals surface area contributed by atoms with Gasteiger partial charge in [0.1, 0.15) is 11.5 Å². The zero-order chi connectivity index (χ0) is 16.5. The molecule has 1 aromatic carbocycles. The Kier molecular flexibility index (Phi) is 3.65. The molecule has 1 fully saturated rings. The van der Waals surface area contributed by atoms with E-state index in [1.54, 1.807) is 18.5 Å². The molecule has 0 radical (unpaired) electrons. The number of halogens is 1. The van der Waals surface area contributed by atoms with Crippen LogP contribution in [0.25, 0.3) is 11.0 Å². The third kappa shape index (κ3) is 2.71. The molecule has 4 rings (SSSR count). The van der Waals surface area contributed by atoms with Gasteiger partial charge in [-0.1, -0.05) is 0 Å². The molecule has 24 heavy (non-hydrogen) atoms. The third-order valence-electron chi connectivity index (χ3n) is 4.31. The summed E-state index contributed by atoms with van der Waals surface area (Å²) in [6.45, 7) is 1.84. The number of hydrogen-bond donors (Lipinski definition) is 2. The Balaban J connectivity index is 1.61. The molecule has 6 heteroatoms. The second kappa shape index (κ2) is 5.96. The molecule has 0 unspecified atom stereocenters. The van der Waals surface area contributed by atoms with Crippen LogP contribution >= 0.6 is 0 Å². The van der Waals surface area contributed by atoms with E-state index < -0.39 is 0 Å². The van der Waals surface area contributed by atoms with E-state index in [1.807, 2.05) is 12.1 Å². The summed E-state index contributed by atoms with van der Waals surface area (Å²) in [5, 5.41) is 3.53. The molecule has 0 aliphatic carbocycles. The summed E-state index contributed by atoms with van der Waals surface area (Å²) in [5.74, 6) is -0.637. The second-order valence-corrected chi connectivity index (χ2v) is 5.95. The van der Waals surface area contributed by atoms with E-state index in [2.05, 4.69) is 20.2 Å². The molecular weight excluding hydrogens is 307 g/mol. The van der Waals surface area contributed by atoms with Crippen LogP contribution in [0, 0.1) is 5.82 Å². The van der Waals surface area contributed by atoms with Crippen molar-refractivity contribution in [2.45, 2.75) is 12.8 Å². The number of hydrogen-bond acceptors (Lipinski definition) is 3. The number of aromatic nitrogens is 2. The fourth-order valence-corrected chi connectivity index (χ4v) is 3.15. The van der Waals surface area contributed by atoms with Gasteiger partial charge in [0, 0.05) is 42.2 Å². The first-order chi connectivity index (χ1) is 11.7. The molecule has 2 aromatic heterocycles. The number of fused-ring (bicyclic) bond motifs is 1. The van der Waals surface area contributed by atoms with Gasteiger partial charge in [0.2, 0.25) is 0 Å². The number of benzene rings is 1. The lowest BCUT2D eigenvalue weighted by Crippen LogP contribution is -2.18. The van der Waals surface area contributed by atoms with Crippen molar-refractivity contribution < 1.29 is 9.18 Å². The van der Waals surface area contributed by atoms with Crippen molar-refractivity contribution in [2.24, 2.45) is 0 Å². The number of amides is 1. The van der Waals surface area contributed by atoms with Gasteiger partial charge in [-0.15, -0.1) is 0 Å². The van der Waals surface area contributed by atoms with E-state index in [0.717, 1.165) is 37.0 Å². The standard InChI is InChI=1S/C18H17FN4O/c19-12-8-13(10-14(9-12)23-6-1-2-7-23)22-18(24)16-11-21-17-15(16)4-3-5-20-17/h3-5,8-11H,1-2,6-7H2,(H,20,21)(H,22,24). The normalized spacial score (nSPS) is 14.3. The van der Waals surface area contributed by atoms with Crippen molar-refractivity contribution in [3.05, 3.63) is 54.1 Å². The number of rotatable bonds is 3. The monoisotopic (exact) mass is 324 g/mol. The van der Waals surface area contributed by atoms with E-state index in [1.165, 1.54) is 12.1 Å². The smallest absolute Gasteiger partial charge is 0.257 e. The van der Waals surface area contributed by atoms with Crippen LogP contribution in [0.5, 0.6) is 0 Å². The first-order valence-corrected chi connectivity index (χ1v) is 8.00. The molecule has 5 nitrogen and oxygen atoms in total. The highest BCUT2D eigenvalue weighted by Gasteiger charge is 2.16. The van der Waals surface area contributed by atoms with Gasteiger partial charge in [-0.25, -0.2) is 9.37 Å². The van der Waals surface area contributed by atoms with Crippen LogP contribution < -0.4 is 10.2 Å². The van der Waals surface area contributed by atoms with Crippen LogP contribution in [-0.2, 0) is 0 Å². The van der Waals surface area contributed by atoms with Crippen LogP contribution in [0.3, 0.4) is 0 Å². The highest BCUT2D eigenvalue weighted by molar-refractivity contribution is 6.12. The minimum atomic E-state index is -0.352. The van der Waals surface area contributed by atoms with Gasteiger partial charge in [0.15, 0.2) is 0 Å². The number of nitrogens with zero attached hydrogens (tertiary/aromatic N) is 2. The maximum atomic E-state index is 13.9. The Morgan fingerprint density at radius 3 is 2.92 bits per heavy atom. The number of H-pyrrole nitrogens is 1. The predicted molar refractivity (Wildman–Crippen MR) is 91.9 cm³/mol. The maximum Gasteiger partial charge on any atom is 0.257 e. The van der Waals surface area contributed by atoms with Crippen molar-refractivity contribution in [3.63, 3.8) is 0 Å². The summed E-state index contributed by atoms with van der Waals surface area (Å²) >= 11 is 0. The maximum absolute atomic E-state index is 13.9. The van der Waals surface area contributed by atoms with Gasteiger partial charge < -0.3 is 15.2 Å². The molecule has 122 valence electrons. The lowest BCUT2D eigenvalue weighted by atomic mass is 10.2. The zero-order valence-electron chi connectivity index (χ0n) is 13.1. The first-order valence-electron chi connectivity index (χ1n) is 8.00. The average Bonchev–Trinajstić information content (AvgIpc) is 3.24. The highest BCUT2D eigenvalue weighted by Crippen LogP contribution is 2.26. The Labute approximate surface area is 138 Å². The van der Waals surface area contributed by atoms with E-state index in [4.69, 9.17) is 0 Å². The van der Waals surface area contributed by atoms with Crippen LogP contribution in [0.1, 0.15) is 23.2 Å². The lowest BCUT2D eigenvalue weighted by Gasteiger charge is -2.18. The van der Waals surface area contributed by atoms with Crippen molar-refractivity contribution in [1.82, 2.24) is 9.97 Å². The SMILES string of the molecule is O=C(Nc1cc(F)cc(N2CCCC2)c1)c1c[nH]c2ncccc12. The minimum Gasteiger partial charge on any atom is -0.371 e. The molecule has 0 saturated carbocycles. The molecular formula is C18H17FN4O. The summed E-state index contributed by atoms with van der Waals surface area (Å²) in [6.07, 6.45) is 5.50. The van der Waals surface area contributed by atoms with Crippen LogP contribution in [-0.4, -0.2) is 29.0 Å². The summed E-state index contributed by atoms with van der Waals surface area (Å²) in [6, 6.07) is 8.27. The van der Waals surface area contributed by atoms with Crippen molar-refractivity contribution in [3.8, 4) is 0 Å². The van der Waals surface area contributed by atoms with Crippen molar-refractivity contribution >= 4 is 28.3 Å². The van der Waals surface area contributed by atoms with E-state index in [0.29, 0.717) is 16.9 Å². The quantitative estimate of drug-likeness (QED) is 0.774. The lowest BCUT2D eigenvalue weighted by molar-refractivity contribution is 0.102. The fraction of sp³-hybridized carbons (Fsp3) is 0.222. The number of carbonyl (C=O) groups excluding carboxylic acids is 1. The third-order valence-corrected chi connectivity index (χ3v) is 4.31. The molecule has 0 spiro atoms. The Morgan fingerprint density at radius 1 is 1.25 bits per heavy atom. The zero-order valence-corrected chi connectivity index (χ0v) is 13.1. The molecule has 3 heterocycles. The molecule has 3 aromatic rings. The van der Waals surface area contributed by atoms with Gasteiger partial charge in [0.05, 0.1) is 5.56 Å². The van der Waals surface area contributed by atoms with Crippen molar-refractivity contribution in [2.75, 3.05) is 23.3 Å². The molecule has 1 saturated heterocycles. The largest absolute Gasteiger partial charge is 0.371 e. The van der Waals surface area contributed by atoms with Gasteiger partial charge in [-0.05, 0) is 43.2 Å². The summed E-state index contributed by atoms with van der Waals surface area (Å²) in [7, 11) is 0. The Morgan fingerprint density at radius 2 is 2.08 bits per heavy atom. The van der Waals surface area contributed by atoms with E-state index in [9.17, 15) is 9.18 Å². The first kappa shape index (κ1) is 14.7. The molecule has 1 aliphatic heterocycles. The fourth-order valence-electron chi connectivity index (χ4n) is 3.15. The predicted octanol–water partition coefficient (Wildman–Crippen LogP) is 3.55. The summed E-state index contributed by atoms with van der Waals surface area (Å²) in [4.78, 5) is 21.8. The van der Waals surface area contributed by atoms with E-state index >= 15 is 0 Å². The number of carbonyl (C=O) groups is 1. The molecule has 0 atom stereocenters. The Hall–Kier alpha value is -2.89. The minimum absolute atomic E-state index is 0.285. The molecule has 1 amide bonds. The summed E-state index contributed by atoms with van der Waals surface area (Å²) in [5.41, 5.74) is 2.41. The van der Waals surface area contributed by atoms with Gasteiger partial charge in [-0.3, -0.25) is 4.79 Å². The molecule has 2 N–H and O–H groups in total. The van der Waals surface area contributed by atoms with E-state index in [-0.39, 0.29) is 11.7 Å². The topological polar surface area (TPSA) is 61.0 Å². The number of aromatic amines is 1. The summed E-state index contributed by atoms with van der Waals surface area (Å²) < 4.78 is 13.9. The second-order valence-electron chi connectivity index (χ2n) is 5.95. The Bertz CT molecular complexity index is 899. The average molecular weight is 324 g/mol. The number of anilines is 2. The number of pyridine rings is 1.